The van der Waals surface area contributed by atoms with Crippen molar-refractivity contribution >= 4 is 28.5 Å². The van der Waals surface area contributed by atoms with Crippen LogP contribution in [0.1, 0.15) is 29.1 Å². The van der Waals surface area contributed by atoms with Gasteiger partial charge in [-0.3, -0.25) is 4.79 Å². The predicted molar refractivity (Wildman–Crippen MR) is 83.5 cm³/mol. The SMILES string of the molecule is C[C@H](NC(=O)c1cc(Cl)ccc1F)c1cc2ccccc2o1. The number of benzene rings is 2. The Morgan fingerprint density at radius 1 is 1.23 bits per heavy atom. The fraction of sp³-hybridized carbons (Fsp3) is 0.118. The van der Waals surface area contributed by atoms with Crippen LogP contribution >= 0.6 is 11.6 Å². The Morgan fingerprint density at radius 2 is 2.00 bits per heavy atom. The molecule has 0 saturated carbocycles. The fourth-order valence-corrected chi connectivity index (χ4v) is 2.40. The van der Waals surface area contributed by atoms with Gasteiger partial charge in [0.15, 0.2) is 0 Å². The number of halogens is 2. The molecule has 5 heteroatoms. The van der Waals surface area contributed by atoms with Gasteiger partial charge in [0.2, 0.25) is 0 Å². The molecule has 0 unspecified atom stereocenters. The summed E-state index contributed by atoms with van der Waals surface area (Å²) in [6.07, 6.45) is 0. The molecule has 0 radical (unpaired) electrons. The van der Waals surface area contributed by atoms with Gasteiger partial charge in [-0.1, -0.05) is 29.8 Å². The van der Waals surface area contributed by atoms with E-state index in [1.807, 2.05) is 30.3 Å². The highest BCUT2D eigenvalue weighted by Crippen LogP contribution is 2.24. The summed E-state index contributed by atoms with van der Waals surface area (Å²) in [5.41, 5.74) is 0.656. The number of fused-ring (bicyclic) bond motifs is 1. The Balaban J connectivity index is 1.82. The molecule has 3 rings (SSSR count). The van der Waals surface area contributed by atoms with E-state index in [4.69, 9.17) is 16.0 Å². The summed E-state index contributed by atoms with van der Waals surface area (Å²) in [5, 5.41) is 3.97. The van der Waals surface area contributed by atoms with Gasteiger partial charge in [0.1, 0.15) is 17.2 Å². The zero-order valence-electron chi connectivity index (χ0n) is 11.8. The molecule has 0 spiro atoms. The van der Waals surface area contributed by atoms with Crippen LogP contribution < -0.4 is 5.32 Å². The molecule has 3 aromatic rings. The molecule has 112 valence electrons. The maximum Gasteiger partial charge on any atom is 0.254 e. The largest absolute Gasteiger partial charge is 0.459 e. The maximum atomic E-state index is 13.7. The molecule has 0 aliphatic rings. The smallest absolute Gasteiger partial charge is 0.254 e. The number of amides is 1. The van der Waals surface area contributed by atoms with E-state index in [0.29, 0.717) is 10.8 Å². The van der Waals surface area contributed by atoms with Crippen molar-refractivity contribution in [2.45, 2.75) is 13.0 Å². The molecule has 22 heavy (non-hydrogen) atoms. The van der Waals surface area contributed by atoms with Gasteiger partial charge in [0, 0.05) is 10.4 Å². The van der Waals surface area contributed by atoms with Crippen molar-refractivity contribution in [2.24, 2.45) is 0 Å². The van der Waals surface area contributed by atoms with Crippen LogP contribution in [-0.2, 0) is 0 Å². The fourth-order valence-electron chi connectivity index (χ4n) is 2.23. The van der Waals surface area contributed by atoms with Crippen molar-refractivity contribution in [1.29, 1.82) is 0 Å². The van der Waals surface area contributed by atoms with Gasteiger partial charge in [0.25, 0.3) is 5.91 Å². The molecular formula is C17H13ClFNO2. The van der Waals surface area contributed by atoms with Gasteiger partial charge in [-0.25, -0.2) is 4.39 Å². The van der Waals surface area contributed by atoms with E-state index in [1.54, 1.807) is 6.92 Å². The standard InChI is InChI=1S/C17H13ClFNO2/c1-10(16-8-11-4-2-3-5-15(11)22-16)20-17(21)13-9-12(18)6-7-14(13)19/h2-10H,1H3,(H,20,21)/t10-/m0/s1. The average molecular weight is 318 g/mol. The van der Waals surface area contributed by atoms with E-state index in [0.717, 1.165) is 11.0 Å². The monoisotopic (exact) mass is 317 g/mol. The Bertz CT molecular complexity index is 811. The first-order valence-corrected chi connectivity index (χ1v) is 7.17. The van der Waals surface area contributed by atoms with Crippen molar-refractivity contribution < 1.29 is 13.6 Å². The molecule has 1 amide bonds. The van der Waals surface area contributed by atoms with Gasteiger partial charge >= 0.3 is 0 Å². The molecule has 0 aliphatic heterocycles. The number of carbonyl (C=O) groups is 1. The van der Waals surface area contributed by atoms with Crippen LogP contribution in [0.2, 0.25) is 5.02 Å². The summed E-state index contributed by atoms with van der Waals surface area (Å²) in [6.45, 7) is 1.78. The number of hydrogen-bond acceptors (Lipinski definition) is 2. The minimum Gasteiger partial charge on any atom is -0.459 e. The summed E-state index contributed by atoms with van der Waals surface area (Å²) < 4.78 is 19.4. The van der Waals surface area contributed by atoms with Gasteiger partial charge in [-0.2, -0.15) is 0 Å². The van der Waals surface area contributed by atoms with E-state index in [9.17, 15) is 9.18 Å². The molecule has 1 N–H and O–H groups in total. The van der Waals surface area contributed by atoms with Crippen molar-refractivity contribution in [3.05, 3.63) is 70.7 Å². The van der Waals surface area contributed by atoms with Crippen LogP contribution in [0, 0.1) is 5.82 Å². The van der Waals surface area contributed by atoms with Crippen LogP contribution in [-0.4, -0.2) is 5.91 Å². The lowest BCUT2D eigenvalue weighted by Gasteiger charge is -2.12. The molecule has 0 aliphatic carbocycles. The van der Waals surface area contributed by atoms with E-state index >= 15 is 0 Å². The number of furan rings is 1. The van der Waals surface area contributed by atoms with E-state index < -0.39 is 17.8 Å². The third-order valence-electron chi connectivity index (χ3n) is 3.39. The van der Waals surface area contributed by atoms with Gasteiger partial charge in [-0.05, 0) is 37.3 Å². The average Bonchev–Trinajstić information content (AvgIpc) is 2.93. The highest BCUT2D eigenvalue weighted by Gasteiger charge is 2.18. The molecular weight excluding hydrogens is 305 g/mol. The Hall–Kier alpha value is -2.33. The van der Waals surface area contributed by atoms with Gasteiger partial charge in [-0.15, -0.1) is 0 Å². The molecule has 0 bridgehead atoms. The summed E-state index contributed by atoms with van der Waals surface area (Å²) in [7, 11) is 0. The third kappa shape index (κ3) is 2.83. The number of rotatable bonds is 3. The van der Waals surface area contributed by atoms with Crippen LogP contribution in [0.3, 0.4) is 0 Å². The third-order valence-corrected chi connectivity index (χ3v) is 3.63. The molecule has 0 saturated heterocycles. The van der Waals surface area contributed by atoms with E-state index in [-0.39, 0.29) is 5.56 Å². The zero-order chi connectivity index (χ0) is 15.7. The van der Waals surface area contributed by atoms with Crippen molar-refractivity contribution in [2.75, 3.05) is 0 Å². The molecule has 3 nitrogen and oxygen atoms in total. The van der Waals surface area contributed by atoms with Crippen molar-refractivity contribution in [3.63, 3.8) is 0 Å². The second kappa shape index (κ2) is 5.81. The Morgan fingerprint density at radius 3 is 2.77 bits per heavy atom. The van der Waals surface area contributed by atoms with Crippen LogP contribution in [0.5, 0.6) is 0 Å². The van der Waals surface area contributed by atoms with Crippen LogP contribution in [0.4, 0.5) is 4.39 Å². The molecule has 2 aromatic carbocycles. The molecule has 1 aromatic heterocycles. The number of nitrogens with one attached hydrogen (secondary N) is 1. The topological polar surface area (TPSA) is 42.2 Å². The first kappa shape index (κ1) is 14.6. The molecule has 1 atom stereocenters. The van der Waals surface area contributed by atoms with Crippen molar-refractivity contribution in [3.8, 4) is 0 Å². The first-order chi connectivity index (χ1) is 10.5. The summed E-state index contributed by atoms with van der Waals surface area (Å²) in [5.74, 6) is -0.538. The van der Waals surface area contributed by atoms with Gasteiger partial charge in [0.05, 0.1) is 11.6 Å². The number of hydrogen-bond donors (Lipinski definition) is 1. The Labute approximate surface area is 131 Å². The van der Waals surface area contributed by atoms with E-state index in [1.165, 1.54) is 18.2 Å². The second-order valence-corrected chi connectivity index (χ2v) is 5.44. The number of carbonyl (C=O) groups excluding carboxylic acids is 1. The molecule has 0 fully saturated rings. The van der Waals surface area contributed by atoms with Gasteiger partial charge < -0.3 is 9.73 Å². The van der Waals surface area contributed by atoms with E-state index in [2.05, 4.69) is 5.32 Å². The summed E-state index contributed by atoms with van der Waals surface area (Å²) in [6, 6.07) is 12.9. The first-order valence-electron chi connectivity index (χ1n) is 6.79. The number of para-hydroxylation sites is 1. The predicted octanol–water partition coefficient (Wildman–Crippen LogP) is 4.72. The highest BCUT2D eigenvalue weighted by molar-refractivity contribution is 6.31. The zero-order valence-corrected chi connectivity index (χ0v) is 12.5. The lowest BCUT2D eigenvalue weighted by molar-refractivity contribution is 0.0931. The highest BCUT2D eigenvalue weighted by atomic mass is 35.5. The maximum absolute atomic E-state index is 13.7. The quantitative estimate of drug-likeness (QED) is 0.759. The van der Waals surface area contributed by atoms with Crippen molar-refractivity contribution in [1.82, 2.24) is 5.32 Å². The summed E-state index contributed by atoms with van der Waals surface area (Å²) >= 11 is 5.80. The summed E-state index contributed by atoms with van der Waals surface area (Å²) in [4.78, 5) is 12.2. The lowest BCUT2D eigenvalue weighted by atomic mass is 10.1. The minimum absolute atomic E-state index is 0.0875. The lowest BCUT2D eigenvalue weighted by Crippen LogP contribution is -2.27. The van der Waals surface area contributed by atoms with Crippen LogP contribution in [0.25, 0.3) is 11.0 Å². The second-order valence-electron chi connectivity index (χ2n) is 5.01. The van der Waals surface area contributed by atoms with Crippen LogP contribution in [0.15, 0.2) is 52.9 Å². The minimum atomic E-state index is -0.612. The Kier molecular flexibility index (Phi) is 3.86. The normalized spacial score (nSPS) is 12.3. The molecule has 1 heterocycles.